The standard InChI is InChI=1S/C17H20ClN3O/c1-3-13-6-8-14(9-7-13)11-21(2)12-16(22)20-15-5-4-10-19-17(15)18/h4-10H,3,11-12H2,1-2H3,(H,20,22)/p+1. The Morgan fingerprint density at radius 2 is 1.91 bits per heavy atom. The van der Waals surface area contributed by atoms with Crippen molar-refractivity contribution in [1.82, 2.24) is 4.98 Å². The van der Waals surface area contributed by atoms with Gasteiger partial charge >= 0.3 is 0 Å². The van der Waals surface area contributed by atoms with Gasteiger partial charge in [0.15, 0.2) is 11.7 Å². The lowest BCUT2D eigenvalue weighted by atomic mass is 10.1. The maximum atomic E-state index is 12.0. The molecule has 2 rings (SSSR count). The lowest BCUT2D eigenvalue weighted by Gasteiger charge is -2.14. The van der Waals surface area contributed by atoms with E-state index in [4.69, 9.17) is 11.6 Å². The van der Waals surface area contributed by atoms with Gasteiger partial charge in [0, 0.05) is 11.8 Å². The van der Waals surface area contributed by atoms with Crippen molar-refractivity contribution < 1.29 is 9.69 Å². The molecule has 2 N–H and O–H groups in total. The Morgan fingerprint density at radius 3 is 2.55 bits per heavy atom. The van der Waals surface area contributed by atoms with Crippen molar-refractivity contribution in [1.29, 1.82) is 0 Å². The number of pyridine rings is 1. The molecule has 0 aliphatic heterocycles. The van der Waals surface area contributed by atoms with Crippen LogP contribution in [0.5, 0.6) is 0 Å². The molecule has 0 fully saturated rings. The van der Waals surface area contributed by atoms with Crippen molar-refractivity contribution in [2.45, 2.75) is 19.9 Å². The minimum Gasteiger partial charge on any atom is -0.326 e. The van der Waals surface area contributed by atoms with E-state index < -0.39 is 0 Å². The van der Waals surface area contributed by atoms with E-state index in [0.29, 0.717) is 17.4 Å². The van der Waals surface area contributed by atoms with Crippen molar-refractivity contribution in [3.05, 3.63) is 58.9 Å². The smallest absolute Gasteiger partial charge is 0.279 e. The summed E-state index contributed by atoms with van der Waals surface area (Å²) in [5, 5.41) is 3.10. The number of quaternary nitrogens is 1. The Bertz CT molecular complexity index is 628. The van der Waals surface area contributed by atoms with Gasteiger partial charge in [-0.15, -0.1) is 0 Å². The largest absolute Gasteiger partial charge is 0.326 e. The Balaban J connectivity index is 1.87. The van der Waals surface area contributed by atoms with Crippen LogP contribution in [0.15, 0.2) is 42.6 Å². The summed E-state index contributed by atoms with van der Waals surface area (Å²) in [4.78, 5) is 17.1. The van der Waals surface area contributed by atoms with Gasteiger partial charge in [0.2, 0.25) is 0 Å². The molecule has 0 aliphatic rings. The molecule has 0 aliphatic carbocycles. The highest BCUT2D eigenvalue weighted by Gasteiger charge is 2.12. The lowest BCUT2D eigenvalue weighted by Crippen LogP contribution is -3.08. The number of rotatable bonds is 6. The predicted octanol–water partition coefficient (Wildman–Crippen LogP) is 1.95. The predicted molar refractivity (Wildman–Crippen MR) is 89.2 cm³/mol. The van der Waals surface area contributed by atoms with Crippen LogP contribution in [0.2, 0.25) is 5.15 Å². The number of halogens is 1. The first-order chi connectivity index (χ1) is 10.6. The molecule has 1 amide bonds. The number of aryl methyl sites for hydroxylation is 1. The number of benzene rings is 1. The fourth-order valence-electron chi connectivity index (χ4n) is 2.25. The third-order valence-electron chi connectivity index (χ3n) is 3.43. The Labute approximate surface area is 136 Å². The number of nitrogens with zero attached hydrogens (tertiary/aromatic N) is 1. The van der Waals surface area contributed by atoms with Crippen LogP contribution in [0.4, 0.5) is 5.69 Å². The van der Waals surface area contributed by atoms with Gasteiger partial charge < -0.3 is 10.2 Å². The Kier molecular flexibility index (Phi) is 5.92. The summed E-state index contributed by atoms with van der Waals surface area (Å²) in [5.41, 5.74) is 3.10. The number of amides is 1. The van der Waals surface area contributed by atoms with E-state index in [-0.39, 0.29) is 5.91 Å². The van der Waals surface area contributed by atoms with Gasteiger partial charge in [-0.3, -0.25) is 4.79 Å². The highest BCUT2D eigenvalue weighted by molar-refractivity contribution is 6.32. The van der Waals surface area contributed by atoms with Crippen LogP contribution in [-0.4, -0.2) is 24.5 Å². The van der Waals surface area contributed by atoms with E-state index in [0.717, 1.165) is 17.9 Å². The van der Waals surface area contributed by atoms with Gasteiger partial charge in [0.1, 0.15) is 6.54 Å². The number of anilines is 1. The van der Waals surface area contributed by atoms with Crippen molar-refractivity contribution >= 4 is 23.2 Å². The summed E-state index contributed by atoms with van der Waals surface area (Å²) in [6.45, 7) is 3.32. The molecular weight excluding hydrogens is 298 g/mol. The SMILES string of the molecule is CCc1ccc(C[NH+](C)CC(=O)Nc2cccnc2Cl)cc1. The number of carbonyl (C=O) groups excluding carboxylic acids is 1. The highest BCUT2D eigenvalue weighted by atomic mass is 35.5. The molecule has 2 aromatic rings. The molecule has 116 valence electrons. The fourth-order valence-corrected chi connectivity index (χ4v) is 2.42. The number of hydrogen-bond acceptors (Lipinski definition) is 2. The van der Waals surface area contributed by atoms with Gasteiger partial charge in [-0.1, -0.05) is 42.8 Å². The second kappa shape index (κ2) is 7.92. The van der Waals surface area contributed by atoms with Crippen molar-refractivity contribution in [3.63, 3.8) is 0 Å². The molecule has 0 saturated heterocycles. The van der Waals surface area contributed by atoms with Crippen LogP contribution in [0.3, 0.4) is 0 Å². The number of hydrogen-bond donors (Lipinski definition) is 2. The summed E-state index contributed by atoms with van der Waals surface area (Å²) < 4.78 is 0. The van der Waals surface area contributed by atoms with Gasteiger partial charge in [-0.25, -0.2) is 4.98 Å². The average molecular weight is 319 g/mol. The van der Waals surface area contributed by atoms with E-state index in [1.54, 1.807) is 18.3 Å². The summed E-state index contributed by atoms with van der Waals surface area (Å²) in [5.74, 6) is -0.0717. The zero-order chi connectivity index (χ0) is 15.9. The quantitative estimate of drug-likeness (QED) is 0.800. The van der Waals surface area contributed by atoms with Crippen LogP contribution in [0.25, 0.3) is 0 Å². The molecule has 1 atom stereocenters. The Hall–Kier alpha value is -1.91. The van der Waals surface area contributed by atoms with Crippen LogP contribution < -0.4 is 10.2 Å². The van der Waals surface area contributed by atoms with Crippen LogP contribution >= 0.6 is 11.6 Å². The third kappa shape index (κ3) is 4.83. The molecule has 5 heteroatoms. The first kappa shape index (κ1) is 16.5. The third-order valence-corrected chi connectivity index (χ3v) is 3.73. The first-order valence-corrected chi connectivity index (χ1v) is 7.75. The van der Waals surface area contributed by atoms with E-state index in [2.05, 4.69) is 41.5 Å². The van der Waals surface area contributed by atoms with Crippen LogP contribution in [0, 0.1) is 0 Å². The molecule has 0 bridgehead atoms. The van der Waals surface area contributed by atoms with E-state index in [1.165, 1.54) is 11.1 Å². The van der Waals surface area contributed by atoms with Gasteiger partial charge in [0.25, 0.3) is 5.91 Å². The molecule has 0 saturated carbocycles. The second-order valence-corrected chi connectivity index (χ2v) is 5.73. The van der Waals surface area contributed by atoms with Crippen molar-refractivity contribution in [2.75, 3.05) is 18.9 Å². The summed E-state index contributed by atoms with van der Waals surface area (Å²) in [6.07, 6.45) is 2.63. The van der Waals surface area contributed by atoms with Crippen molar-refractivity contribution in [2.24, 2.45) is 0 Å². The van der Waals surface area contributed by atoms with Crippen LogP contribution in [0.1, 0.15) is 18.1 Å². The monoisotopic (exact) mass is 318 g/mol. The van der Waals surface area contributed by atoms with E-state index in [1.807, 2.05) is 7.05 Å². The molecule has 22 heavy (non-hydrogen) atoms. The Morgan fingerprint density at radius 1 is 1.23 bits per heavy atom. The number of nitrogens with one attached hydrogen (secondary N) is 2. The number of likely N-dealkylation sites (N-methyl/N-ethyl adjacent to an activating group) is 1. The molecule has 0 radical (unpaired) electrons. The molecular formula is C17H21ClN3O+. The minimum atomic E-state index is -0.0717. The molecule has 4 nitrogen and oxygen atoms in total. The zero-order valence-corrected chi connectivity index (χ0v) is 13.7. The summed E-state index contributed by atoms with van der Waals surface area (Å²) in [6, 6.07) is 12.0. The summed E-state index contributed by atoms with van der Waals surface area (Å²) >= 11 is 5.93. The zero-order valence-electron chi connectivity index (χ0n) is 12.9. The van der Waals surface area contributed by atoms with Gasteiger partial charge in [-0.2, -0.15) is 0 Å². The first-order valence-electron chi connectivity index (χ1n) is 7.38. The van der Waals surface area contributed by atoms with E-state index >= 15 is 0 Å². The van der Waals surface area contributed by atoms with Crippen molar-refractivity contribution in [3.8, 4) is 0 Å². The van der Waals surface area contributed by atoms with E-state index in [9.17, 15) is 4.79 Å². The number of carbonyl (C=O) groups is 1. The van der Waals surface area contributed by atoms with Crippen LogP contribution in [-0.2, 0) is 17.8 Å². The maximum Gasteiger partial charge on any atom is 0.279 e. The molecule has 1 aromatic carbocycles. The van der Waals surface area contributed by atoms with Gasteiger partial charge in [-0.05, 0) is 24.1 Å². The maximum absolute atomic E-state index is 12.0. The molecule has 1 aromatic heterocycles. The lowest BCUT2D eigenvalue weighted by molar-refractivity contribution is -0.885. The highest BCUT2D eigenvalue weighted by Crippen LogP contribution is 2.16. The molecule has 1 unspecified atom stereocenters. The summed E-state index contributed by atoms with van der Waals surface area (Å²) in [7, 11) is 2.00. The second-order valence-electron chi connectivity index (χ2n) is 5.37. The normalized spacial score (nSPS) is 12.0. The minimum absolute atomic E-state index is 0.0717. The van der Waals surface area contributed by atoms with Gasteiger partial charge in [0.05, 0.1) is 12.7 Å². The fraction of sp³-hybridized carbons (Fsp3) is 0.294. The molecule has 0 spiro atoms. The average Bonchev–Trinajstić information content (AvgIpc) is 2.50. The topological polar surface area (TPSA) is 46.4 Å². The molecule has 1 heterocycles. The number of aromatic nitrogens is 1.